The van der Waals surface area contributed by atoms with E-state index in [1.165, 1.54) is 7.11 Å². The van der Waals surface area contributed by atoms with Crippen LogP contribution in [-0.4, -0.2) is 20.6 Å². The molecule has 0 fully saturated rings. The summed E-state index contributed by atoms with van der Waals surface area (Å²) in [6.07, 6.45) is 0. The molecule has 6 nitrogen and oxygen atoms in total. The number of nitrogens with one attached hydrogen (secondary N) is 3. The lowest BCUT2D eigenvalue weighted by Crippen LogP contribution is -2.20. The SMILES string of the molecule is COc1ccccc1NS(=O)(=O)c1cc(NC(=S)Nc2cc(C)ccc2C)ccc1C. The molecule has 3 aromatic carbocycles. The van der Waals surface area contributed by atoms with Crippen LogP contribution in [0.4, 0.5) is 17.1 Å². The highest BCUT2D eigenvalue weighted by molar-refractivity contribution is 7.92. The fourth-order valence-corrected chi connectivity index (χ4v) is 4.62. The summed E-state index contributed by atoms with van der Waals surface area (Å²) in [7, 11) is -2.35. The Balaban J connectivity index is 1.82. The van der Waals surface area contributed by atoms with Gasteiger partial charge in [0.15, 0.2) is 5.11 Å². The molecule has 3 aromatic rings. The second kappa shape index (κ2) is 9.36. The van der Waals surface area contributed by atoms with Crippen LogP contribution < -0.4 is 20.1 Å². The van der Waals surface area contributed by atoms with Crippen LogP contribution >= 0.6 is 12.2 Å². The quantitative estimate of drug-likeness (QED) is 0.442. The summed E-state index contributed by atoms with van der Waals surface area (Å²) < 4.78 is 34.0. The molecule has 0 heterocycles. The second-order valence-electron chi connectivity index (χ2n) is 7.18. The Kier molecular flexibility index (Phi) is 6.82. The molecule has 31 heavy (non-hydrogen) atoms. The monoisotopic (exact) mass is 455 g/mol. The molecule has 0 aromatic heterocycles. The summed E-state index contributed by atoms with van der Waals surface area (Å²) in [6, 6.07) is 18.0. The Bertz CT molecular complexity index is 1220. The smallest absolute Gasteiger partial charge is 0.262 e. The van der Waals surface area contributed by atoms with E-state index in [-0.39, 0.29) is 4.90 Å². The highest BCUT2D eigenvalue weighted by Crippen LogP contribution is 2.28. The van der Waals surface area contributed by atoms with Gasteiger partial charge < -0.3 is 15.4 Å². The van der Waals surface area contributed by atoms with Gasteiger partial charge >= 0.3 is 0 Å². The van der Waals surface area contributed by atoms with Crippen molar-refractivity contribution in [3.8, 4) is 5.75 Å². The van der Waals surface area contributed by atoms with Crippen molar-refractivity contribution in [3.05, 3.63) is 77.4 Å². The average molecular weight is 456 g/mol. The predicted octanol–water partition coefficient (Wildman–Crippen LogP) is 5.23. The molecule has 0 atom stereocenters. The van der Waals surface area contributed by atoms with Crippen LogP contribution in [0.5, 0.6) is 5.75 Å². The summed E-state index contributed by atoms with van der Waals surface area (Å²) >= 11 is 5.42. The molecule has 3 rings (SSSR count). The third-order valence-corrected chi connectivity index (χ3v) is 6.44. The number of thiocarbonyl (C=S) groups is 1. The molecule has 0 aliphatic rings. The van der Waals surface area contributed by atoms with E-state index < -0.39 is 10.0 Å². The van der Waals surface area contributed by atoms with Crippen molar-refractivity contribution >= 4 is 44.4 Å². The maximum Gasteiger partial charge on any atom is 0.262 e. The summed E-state index contributed by atoms with van der Waals surface area (Å²) in [4.78, 5) is 0.151. The van der Waals surface area contributed by atoms with E-state index in [2.05, 4.69) is 15.4 Å². The van der Waals surface area contributed by atoms with E-state index in [4.69, 9.17) is 17.0 Å². The lowest BCUT2D eigenvalue weighted by atomic mass is 10.1. The van der Waals surface area contributed by atoms with Gasteiger partial charge in [0.25, 0.3) is 10.0 Å². The van der Waals surface area contributed by atoms with Gasteiger partial charge in [-0.1, -0.05) is 30.3 Å². The predicted molar refractivity (Wildman–Crippen MR) is 131 cm³/mol. The molecule has 0 bridgehead atoms. The van der Waals surface area contributed by atoms with E-state index in [1.807, 2.05) is 32.0 Å². The van der Waals surface area contributed by atoms with E-state index in [1.54, 1.807) is 49.4 Å². The number of anilines is 3. The molecule has 0 spiro atoms. The molecule has 162 valence electrons. The lowest BCUT2D eigenvalue weighted by Gasteiger charge is -2.16. The van der Waals surface area contributed by atoms with Crippen LogP contribution in [0.25, 0.3) is 0 Å². The first-order valence-electron chi connectivity index (χ1n) is 9.61. The van der Waals surface area contributed by atoms with Crippen LogP contribution in [0.2, 0.25) is 0 Å². The summed E-state index contributed by atoms with van der Waals surface area (Å²) in [6.45, 7) is 5.74. The first kappa shape index (κ1) is 22.6. The van der Waals surface area contributed by atoms with Gasteiger partial charge in [0, 0.05) is 11.4 Å². The van der Waals surface area contributed by atoms with Crippen molar-refractivity contribution in [1.29, 1.82) is 0 Å². The molecule has 0 aliphatic carbocycles. The maximum atomic E-state index is 13.1. The molecule has 0 unspecified atom stereocenters. The van der Waals surface area contributed by atoms with Gasteiger partial charge in [-0.25, -0.2) is 8.42 Å². The van der Waals surface area contributed by atoms with Gasteiger partial charge in [-0.15, -0.1) is 0 Å². The normalized spacial score (nSPS) is 11.0. The third kappa shape index (κ3) is 5.53. The molecular formula is C23H25N3O3S2. The molecule has 8 heteroatoms. The van der Waals surface area contributed by atoms with Crippen LogP contribution in [0, 0.1) is 20.8 Å². The van der Waals surface area contributed by atoms with Crippen molar-refractivity contribution in [2.24, 2.45) is 0 Å². The average Bonchev–Trinajstić information content (AvgIpc) is 2.72. The van der Waals surface area contributed by atoms with Crippen molar-refractivity contribution in [3.63, 3.8) is 0 Å². The molecule has 0 amide bonds. The van der Waals surface area contributed by atoms with Gasteiger partial charge in [0.2, 0.25) is 0 Å². The molecule has 0 saturated heterocycles. The number of para-hydroxylation sites is 2. The first-order valence-corrected chi connectivity index (χ1v) is 11.5. The summed E-state index contributed by atoms with van der Waals surface area (Å²) in [5.74, 6) is 0.442. The Labute approximate surface area is 188 Å². The topological polar surface area (TPSA) is 79.5 Å². The molecular weight excluding hydrogens is 430 g/mol. The highest BCUT2D eigenvalue weighted by atomic mass is 32.2. The summed E-state index contributed by atoms with van der Waals surface area (Å²) in [5.41, 5.74) is 4.62. The Morgan fingerprint density at radius 3 is 2.32 bits per heavy atom. The number of methoxy groups -OCH3 is 1. The minimum absolute atomic E-state index is 0.151. The van der Waals surface area contributed by atoms with Gasteiger partial charge in [0.05, 0.1) is 17.7 Å². The van der Waals surface area contributed by atoms with Gasteiger partial charge in [-0.2, -0.15) is 0 Å². The van der Waals surface area contributed by atoms with E-state index in [0.29, 0.717) is 27.8 Å². The van der Waals surface area contributed by atoms with Crippen molar-refractivity contribution in [2.75, 3.05) is 22.5 Å². The number of ether oxygens (including phenoxy) is 1. The molecule has 0 saturated carbocycles. The van der Waals surface area contributed by atoms with Crippen LogP contribution in [0.3, 0.4) is 0 Å². The van der Waals surface area contributed by atoms with Gasteiger partial charge in [-0.3, -0.25) is 4.72 Å². The number of sulfonamides is 1. The van der Waals surface area contributed by atoms with E-state index in [9.17, 15) is 8.42 Å². The largest absolute Gasteiger partial charge is 0.495 e. The highest BCUT2D eigenvalue weighted by Gasteiger charge is 2.19. The Morgan fingerprint density at radius 1 is 0.871 bits per heavy atom. The molecule has 0 radical (unpaired) electrons. The van der Waals surface area contributed by atoms with Crippen molar-refractivity contribution in [1.82, 2.24) is 0 Å². The zero-order valence-corrected chi connectivity index (χ0v) is 19.4. The molecule has 0 aliphatic heterocycles. The Hall–Kier alpha value is -3.10. The maximum absolute atomic E-state index is 13.1. The third-order valence-electron chi connectivity index (χ3n) is 4.73. The van der Waals surface area contributed by atoms with Crippen molar-refractivity contribution < 1.29 is 13.2 Å². The number of aryl methyl sites for hydroxylation is 3. The fraction of sp³-hybridized carbons (Fsp3) is 0.174. The van der Waals surface area contributed by atoms with E-state index in [0.717, 1.165) is 16.8 Å². The van der Waals surface area contributed by atoms with Crippen LogP contribution in [-0.2, 0) is 10.0 Å². The fourth-order valence-electron chi connectivity index (χ4n) is 3.05. The van der Waals surface area contributed by atoms with Crippen molar-refractivity contribution in [2.45, 2.75) is 25.7 Å². The minimum atomic E-state index is -3.84. The standard InChI is InChI=1S/C23H25N3O3S2/c1-15-9-10-16(2)20(13-15)25-23(30)24-18-12-11-17(3)22(14-18)31(27,28)26-19-7-5-6-8-21(19)29-4/h5-14,26H,1-4H3,(H2,24,25,30). The minimum Gasteiger partial charge on any atom is -0.495 e. The summed E-state index contributed by atoms with van der Waals surface area (Å²) in [5, 5.41) is 6.61. The number of hydrogen-bond donors (Lipinski definition) is 3. The second-order valence-corrected chi connectivity index (χ2v) is 9.24. The van der Waals surface area contributed by atoms with Crippen LogP contribution in [0.1, 0.15) is 16.7 Å². The van der Waals surface area contributed by atoms with Gasteiger partial charge in [0.1, 0.15) is 5.75 Å². The zero-order valence-electron chi connectivity index (χ0n) is 17.8. The van der Waals surface area contributed by atoms with Crippen LogP contribution in [0.15, 0.2) is 65.6 Å². The van der Waals surface area contributed by atoms with Gasteiger partial charge in [-0.05, 0) is 80.0 Å². The Morgan fingerprint density at radius 2 is 1.58 bits per heavy atom. The number of hydrogen-bond acceptors (Lipinski definition) is 4. The first-order chi connectivity index (χ1) is 14.7. The molecule has 3 N–H and O–H groups in total. The number of benzene rings is 3. The lowest BCUT2D eigenvalue weighted by molar-refractivity contribution is 0.417. The van der Waals surface area contributed by atoms with E-state index >= 15 is 0 Å². The number of rotatable bonds is 6. The zero-order chi connectivity index (χ0) is 22.6.